The third-order valence-electron chi connectivity index (χ3n) is 24.0. The number of hydrogen-bond donors (Lipinski definition) is 0. The van der Waals surface area contributed by atoms with Gasteiger partial charge in [0.05, 0.1) is 106 Å². The van der Waals surface area contributed by atoms with Gasteiger partial charge in [-0.15, -0.1) is 0 Å². The Morgan fingerprint density at radius 2 is 0.539 bits per heavy atom. The van der Waals surface area contributed by atoms with Gasteiger partial charge in [-0.25, -0.2) is 19.9 Å². The highest BCUT2D eigenvalue weighted by molar-refractivity contribution is 6.23. The summed E-state index contributed by atoms with van der Waals surface area (Å²) < 4.78 is 9.69. The van der Waals surface area contributed by atoms with Crippen LogP contribution in [0.3, 0.4) is 0 Å². The molecule has 0 saturated carbocycles. The maximum atomic E-state index is 14.0. The number of imidazole rings is 5. The smallest absolute Gasteiger partial charge is 0.264 e. The van der Waals surface area contributed by atoms with E-state index in [4.69, 9.17) is 19.9 Å². The lowest BCUT2D eigenvalue weighted by Crippen LogP contribution is -2.30. The molecular formula is C100H62N12O3. The molecule has 0 unspecified atom stereocenters. The molecule has 0 saturated heterocycles. The van der Waals surface area contributed by atoms with Gasteiger partial charge in [-0.2, -0.15) is 0 Å². The topological polar surface area (TPSA) is 135 Å². The van der Waals surface area contributed by atoms with E-state index in [1.807, 2.05) is 121 Å². The van der Waals surface area contributed by atoms with Crippen molar-refractivity contribution in [3.63, 3.8) is 0 Å². The van der Waals surface area contributed by atoms with Crippen molar-refractivity contribution < 1.29 is 0 Å². The summed E-state index contributed by atoms with van der Waals surface area (Å²) in [6.07, 6.45) is 0. The van der Waals surface area contributed by atoms with Crippen LogP contribution in [-0.4, -0.2) is 42.1 Å². The van der Waals surface area contributed by atoms with Crippen molar-refractivity contribution in [2.75, 3.05) is 14.7 Å². The van der Waals surface area contributed by atoms with E-state index in [0.29, 0.717) is 33.1 Å². The van der Waals surface area contributed by atoms with Crippen LogP contribution in [0, 0.1) is 0 Å². The fourth-order valence-electron chi connectivity index (χ4n) is 19.0. The number of hydrogen-bond acceptors (Lipinski definition) is 10. The Kier molecular flexibility index (Phi) is 13.4. The van der Waals surface area contributed by atoms with Gasteiger partial charge in [0, 0.05) is 75.7 Å². The van der Waals surface area contributed by atoms with E-state index in [9.17, 15) is 14.4 Å². The second-order valence-electron chi connectivity index (χ2n) is 30.3. The van der Waals surface area contributed by atoms with Crippen LogP contribution in [-0.2, 0) is 5.41 Å². The van der Waals surface area contributed by atoms with Gasteiger partial charge >= 0.3 is 0 Å². The summed E-state index contributed by atoms with van der Waals surface area (Å²) in [7, 11) is 0. The summed E-state index contributed by atoms with van der Waals surface area (Å²) in [5, 5.41) is 10.9. The molecule has 540 valence electrons. The summed E-state index contributed by atoms with van der Waals surface area (Å²) in [5.74, 6) is 0.845. The molecule has 8 aromatic heterocycles. The van der Waals surface area contributed by atoms with E-state index < -0.39 is 0 Å². The fourth-order valence-corrected chi connectivity index (χ4v) is 19.0. The highest BCUT2D eigenvalue weighted by atomic mass is 16.1. The van der Waals surface area contributed by atoms with E-state index >= 15 is 0 Å². The van der Waals surface area contributed by atoms with Crippen LogP contribution in [0.15, 0.2) is 354 Å². The Bertz CT molecular complexity index is 8370. The molecule has 24 aromatic rings. The van der Waals surface area contributed by atoms with Gasteiger partial charge in [0.15, 0.2) is 0 Å². The van der Waals surface area contributed by atoms with Crippen molar-refractivity contribution in [3.8, 4) is 5.69 Å². The molecule has 0 fully saturated rings. The number of nitrogens with zero attached hydrogens (tertiary/aromatic N) is 12. The third kappa shape index (κ3) is 8.91. The first kappa shape index (κ1) is 64.2. The van der Waals surface area contributed by atoms with Crippen molar-refractivity contribution in [1.29, 1.82) is 0 Å². The number of para-hydroxylation sites is 17. The first-order valence-electron chi connectivity index (χ1n) is 38.6. The third-order valence-corrected chi connectivity index (χ3v) is 24.0. The summed E-state index contributed by atoms with van der Waals surface area (Å²) in [6.45, 7) is 4.59. The van der Waals surface area contributed by atoms with E-state index in [1.165, 1.54) is 22.5 Å². The maximum Gasteiger partial charge on any atom is 0.264 e. The Labute approximate surface area is 653 Å². The highest BCUT2D eigenvalue weighted by Gasteiger charge is 2.38. The van der Waals surface area contributed by atoms with Crippen molar-refractivity contribution >= 4 is 194 Å². The van der Waals surface area contributed by atoms with E-state index in [0.717, 1.165) is 155 Å². The molecule has 0 aliphatic carbocycles. The summed E-state index contributed by atoms with van der Waals surface area (Å²) in [4.78, 5) is 68.3. The van der Waals surface area contributed by atoms with Crippen LogP contribution in [0.5, 0.6) is 0 Å². The lowest BCUT2D eigenvalue weighted by molar-refractivity contribution is 0.632. The second-order valence-corrected chi connectivity index (χ2v) is 30.3. The number of rotatable bonds is 4. The van der Waals surface area contributed by atoms with Crippen molar-refractivity contribution in [2.24, 2.45) is 0 Å². The standard InChI is InChI=1S/C36H22N4O.C33H23N3O.C31H17N5O/c41-36-26-14-10-13-24-28(22-21-25(34(24)26)35-37-27-15-4-5-16-29(27)40(35)36)39-32-19-8-6-17-30(32)38(23-11-2-1-3-12-23)31-18-7-9-20-33(31)39;1-33(2)23-12-3-6-15-27(23)35(28-16-7-4-13-24(28)33)26-19-18-22-30-20(26)10-9-11-21(30)31-34-25-14-5-8-17-29(25)36(31)32(22)37;37-30-20-16-17-23(18-8-7-9-19(28(18)20)29-32-21-10-1-4-13-25(21)36(29)30)34-26-14-5-6-15-27(26)35-24-12-3-2-11-22(24)33-31(34)35/h1-22H;3-19H,1-2H3;1-17H. The van der Waals surface area contributed by atoms with E-state index in [-0.39, 0.29) is 22.1 Å². The van der Waals surface area contributed by atoms with Gasteiger partial charge in [-0.1, -0.05) is 202 Å². The number of aromatic nitrogens is 9. The molecule has 0 spiro atoms. The monoisotopic (exact) mass is 1480 g/mol. The van der Waals surface area contributed by atoms with Gasteiger partial charge in [0.25, 0.3) is 16.7 Å². The van der Waals surface area contributed by atoms with Crippen molar-refractivity contribution in [2.45, 2.75) is 19.3 Å². The molecule has 0 amide bonds. The average molecular weight is 1480 g/mol. The minimum atomic E-state index is -0.128. The molecule has 0 bridgehead atoms. The zero-order chi connectivity index (χ0) is 76.2. The largest absolute Gasteiger partial charge is 0.309 e. The molecular weight excluding hydrogens is 1420 g/mol. The molecule has 15 nitrogen and oxygen atoms in total. The fraction of sp³-hybridized carbons (Fsp3) is 0.0300. The molecule has 15 heteroatoms. The molecule has 16 aromatic carbocycles. The molecule has 0 radical (unpaired) electrons. The Morgan fingerprint density at radius 1 is 0.226 bits per heavy atom. The van der Waals surface area contributed by atoms with Crippen molar-refractivity contribution in [3.05, 3.63) is 382 Å². The normalized spacial score (nSPS) is 13.3. The first-order valence-corrected chi connectivity index (χ1v) is 38.6. The van der Waals surface area contributed by atoms with Gasteiger partial charge in [-0.05, 0) is 163 Å². The maximum absolute atomic E-state index is 14.0. The van der Waals surface area contributed by atoms with Crippen LogP contribution in [0.4, 0.5) is 51.2 Å². The summed E-state index contributed by atoms with van der Waals surface area (Å²) in [5.41, 5.74) is 24.4. The van der Waals surface area contributed by atoms with Crippen LogP contribution < -0.4 is 31.4 Å². The minimum absolute atomic E-state index is 0.0282. The molecule has 10 heterocycles. The SMILES string of the molecule is CC1(C)c2ccccc2N(c2ccc3c(=O)n4c5ccccc5nc4c4cccc2c34)c2ccccc21.O=c1c2ccc(-n3c4ccccc4n4c5ccccc5nc34)c3cccc(c32)c2nc3ccccc3n12.O=c1c2cccc3c(N4c5ccccc5N(c5ccccc5)c5ccccc54)ccc(c32)c2nc3ccccc3n12. The first-order chi connectivity index (χ1) is 56.6. The Balaban J connectivity index is 0.0000000995. The number of pyridine rings is 3. The summed E-state index contributed by atoms with van der Waals surface area (Å²) in [6, 6.07) is 116. The van der Waals surface area contributed by atoms with Gasteiger partial charge in [0.2, 0.25) is 5.78 Å². The lowest BCUT2D eigenvalue weighted by atomic mass is 9.73. The zero-order valence-corrected chi connectivity index (χ0v) is 61.9. The van der Waals surface area contributed by atoms with Gasteiger partial charge in [-0.3, -0.25) is 36.6 Å². The number of anilines is 9. The quantitative estimate of drug-likeness (QED) is 0.168. The van der Waals surface area contributed by atoms with Crippen LogP contribution in [0.25, 0.3) is 148 Å². The molecule has 0 atom stereocenters. The molecule has 0 N–H and O–H groups in total. The predicted octanol–water partition coefficient (Wildman–Crippen LogP) is 22.9. The van der Waals surface area contributed by atoms with E-state index in [1.54, 1.807) is 13.2 Å². The Hall–Kier alpha value is -15.6. The molecule has 26 rings (SSSR count). The number of fused-ring (bicyclic) bond motifs is 21. The zero-order valence-electron chi connectivity index (χ0n) is 61.9. The highest BCUT2D eigenvalue weighted by Crippen LogP contribution is 2.57. The average Bonchev–Trinajstić information content (AvgIpc) is 1.70. The summed E-state index contributed by atoms with van der Waals surface area (Å²) >= 11 is 0. The molecule has 2 aliphatic heterocycles. The second kappa shape index (κ2) is 24.0. The Morgan fingerprint density at radius 3 is 1.01 bits per heavy atom. The van der Waals surface area contributed by atoms with Crippen LogP contribution in [0.1, 0.15) is 25.0 Å². The van der Waals surface area contributed by atoms with E-state index in [2.05, 4.69) is 256 Å². The predicted molar refractivity (Wildman–Crippen MR) is 468 cm³/mol. The molecule has 115 heavy (non-hydrogen) atoms. The number of benzene rings is 16. The van der Waals surface area contributed by atoms with Gasteiger partial charge in [0.1, 0.15) is 16.9 Å². The lowest BCUT2D eigenvalue weighted by Gasteiger charge is -2.42. The minimum Gasteiger partial charge on any atom is -0.309 e. The van der Waals surface area contributed by atoms with Gasteiger partial charge < -0.3 is 14.7 Å². The van der Waals surface area contributed by atoms with Crippen LogP contribution >= 0.6 is 0 Å². The van der Waals surface area contributed by atoms with Crippen LogP contribution in [0.2, 0.25) is 0 Å². The van der Waals surface area contributed by atoms with Crippen molar-refractivity contribution in [1.82, 2.24) is 42.1 Å². The molecule has 2 aliphatic rings.